The lowest BCUT2D eigenvalue weighted by molar-refractivity contribution is 0.461. The second-order valence-corrected chi connectivity index (χ2v) is 4.42. The number of ether oxygens (including phenoxy) is 1. The first-order valence-corrected chi connectivity index (χ1v) is 5.94. The van der Waals surface area contributed by atoms with E-state index < -0.39 is 0 Å². The topological polar surface area (TPSA) is 39.4 Å². The minimum atomic E-state index is -0.329. The van der Waals surface area contributed by atoms with E-state index in [4.69, 9.17) is 4.74 Å². The Morgan fingerprint density at radius 1 is 1.22 bits per heavy atom. The molecular weight excluding hydrogens is 301 g/mol. The first-order valence-electron chi connectivity index (χ1n) is 5.15. The monoisotopic (exact) mass is 307 g/mol. The van der Waals surface area contributed by atoms with E-state index >= 15 is 0 Å². The predicted octanol–water partition coefficient (Wildman–Crippen LogP) is 3.42. The molecular formula is C12H7BrFN3O. The quantitative estimate of drug-likeness (QED) is 0.728. The Labute approximate surface area is 110 Å². The third-order valence-electron chi connectivity index (χ3n) is 2.39. The largest absolute Gasteiger partial charge is 0.436 e. The third kappa shape index (κ3) is 1.95. The van der Waals surface area contributed by atoms with Crippen LogP contribution in [0.2, 0.25) is 0 Å². The molecule has 0 aliphatic carbocycles. The van der Waals surface area contributed by atoms with Crippen molar-refractivity contribution in [1.82, 2.24) is 14.6 Å². The normalized spacial score (nSPS) is 10.8. The average molecular weight is 308 g/mol. The van der Waals surface area contributed by atoms with Gasteiger partial charge in [-0.05, 0) is 40.2 Å². The van der Waals surface area contributed by atoms with Gasteiger partial charge in [0.25, 0.3) is 0 Å². The highest BCUT2D eigenvalue weighted by atomic mass is 79.9. The van der Waals surface area contributed by atoms with Gasteiger partial charge in [-0.1, -0.05) is 0 Å². The summed E-state index contributed by atoms with van der Waals surface area (Å²) in [6.45, 7) is 0. The summed E-state index contributed by atoms with van der Waals surface area (Å²) in [5.74, 6) is 0.588. The Bertz CT molecular complexity index is 713. The number of fused-ring (bicyclic) bond motifs is 1. The molecule has 2 heterocycles. The summed E-state index contributed by atoms with van der Waals surface area (Å²) in [6, 6.07) is 6.00. The summed E-state index contributed by atoms with van der Waals surface area (Å²) < 4.78 is 20.8. The van der Waals surface area contributed by atoms with Gasteiger partial charge in [-0.2, -0.15) is 5.10 Å². The lowest BCUT2D eigenvalue weighted by Crippen LogP contribution is -1.94. The highest BCUT2D eigenvalue weighted by Gasteiger charge is 2.08. The van der Waals surface area contributed by atoms with Crippen molar-refractivity contribution in [2.45, 2.75) is 0 Å². The first kappa shape index (κ1) is 11.2. The second-order valence-electron chi connectivity index (χ2n) is 3.57. The van der Waals surface area contributed by atoms with Gasteiger partial charge >= 0.3 is 0 Å². The first-order chi connectivity index (χ1) is 8.74. The minimum absolute atomic E-state index is 0.329. The summed E-state index contributed by atoms with van der Waals surface area (Å²) >= 11 is 3.24. The van der Waals surface area contributed by atoms with Crippen molar-refractivity contribution >= 4 is 21.4 Å². The van der Waals surface area contributed by atoms with Crippen LogP contribution in [0.1, 0.15) is 0 Å². The van der Waals surface area contributed by atoms with Crippen LogP contribution in [0.4, 0.5) is 4.39 Å². The highest BCUT2D eigenvalue weighted by Crippen LogP contribution is 2.30. The van der Waals surface area contributed by atoms with Gasteiger partial charge < -0.3 is 4.74 Å². The Morgan fingerprint density at radius 2 is 2.11 bits per heavy atom. The van der Waals surface area contributed by atoms with Gasteiger partial charge in [0.15, 0.2) is 0 Å². The molecule has 0 N–H and O–H groups in total. The van der Waals surface area contributed by atoms with E-state index in [0.29, 0.717) is 16.1 Å². The van der Waals surface area contributed by atoms with Gasteiger partial charge in [0.05, 0.1) is 10.7 Å². The van der Waals surface area contributed by atoms with E-state index in [9.17, 15) is 4.39 Å². The molecule has 18 heavy (non-hydrogen) atoms. The maximum absolute atomic E-state index is 13.0. The molecule has 0 atom stereocenters. The van der Waals surface area contributed by atoms with Crippen molar-refractivity contribution in [2.75, 3.05) is 0 Å². The van der Waals surface area contributed by atoms with E-state index in [1.54, 1.807) is 35.2 Å². The molecule has 0 saturated carbocycles. The maximum atomic E-state index is 13.0. The molecule has 0 aliphatic heterocycles. The van der Waals surface area contributed by atoms with Gasteiger partial charge in [0, 0.05) is 12.4 Å². The fraction of sp³-hybridized carbons (Fsp3) is 0. The molecule has 0 radical (unpaired) electrons. The molecule has 0 unspecified atom stereocenters. The van der Waals surface area contributed by atoms with E-state index in [0.717, 1.165) is 5.52 Å². The molecule has 0 aliphatic rings. The number of nitrogens with zero attached hydrogens (tertiary/aromatic N) is 3. The Morgan fingerprint density at radius 3 is 2.94 bits per heavy atom. The van der Waals surface area contributed by atoms with Crippen LogP contribution < -0.4 is 4.74 Å². The van der Waals surface area contributed by atoms with E-state index in [1.807, 2.05) is 0 Å². The average Bonchev–Trinajstić information content (AvgIpc) is 2.82. The molecule has 3 aromatic rings. The number of hydrogen-bond acceptors (Lipinski definition) is 3. The van der Waals surface area contributed by atoms with Crippen molar-refractivity contribution in [3.63, 3.8) is 0 Å². The molecule has 0 spiro atoms. The fourth-order valence-corrected chi connectivity index (χ4v) is 2.01. The zero-order chi connectivity index (χ0) is 12.5. The van der Waals surface area contributed by atoms with E-state index in [1.165, 1.54) is 12.1 Å². The number of benzene rings is 1. The third-order valence-corrected chi connectivity index (χ3v) is 3.01. The molecule has 0 amide bonds. The molecule has 6 heteroatoms. The Hall–Kier alpha value is -1.95. The van der Waals surface area contributed by atoms with Gasteiger partial charge in [-0.15, -0.1) is 0 Å². The van der Waals surface area contributed by atoms with Gasteiger partial charge in [-0.3, -0.25) is 0 Å². The molecule has 4 nitrogen and oxygen atoms in total. The van der Waals surface area contributed by atoms with Crippen LogP contribution in [-0.2, 0) is 0 Å². The van der Waals surface area contributed by atoms with Crippen LogP contribution in [0.5, 0.6) is 11.6 Å². The standard InChI is InChI=1S/C12H7BrFN3O/c13-9-7-8(14)1-2-11(9)18-12-10-3-4-16-17(10)6-5-15-12/h1-7H. The molecule has 0 saturated heterocycles. The summed E-state index contributed by atoms with van der Waals surface area (Å²) in [4.78, 5) is 4.14. The number of hydrogen-bond donors (Lipinski definition) is 0. The molecule has 90 valence electrons. The van der Waals surface area contributed by atoms with Crippen LogP contribution in [0.3, 0.4) is 0 Å². The predicted molar refractivity (Wildman–Crippen MR) is 67.2 cm³/mol. The summed E-state index contributed by atoms with van der Waals surface area (Å²) in [6.07, 6.45) is 4.97. The fourth-order valence-electron chi connectivity index (χ4n) is 1.57. The lowest BCUT2D eigenvalue weighted by Gasteiger charge is -2.07. The smallest absolute Gasteiger partial charge is 0.245 e. The summed E-state index contributed by atoms with van der Waals surface area (Å²) in [7, 11) is 0. The van der Waals surface area contributed by atoms with Crippen LogP contribution in [0.25, 0.3) is 5.52 Å². The van der Waals surface area contributed by atoms with E-state index in [2.05, 4.69) is 26.0 Å². The minimum Gasteiger partial charge on any atom is -0.436 e. The zero-order valence-corrected chi connectivity index (χ0v) is 10.6. The van der Waals surface area contributed by atoms with Crippen LogP contribution in [0, 0.1) is 5.82 Å². The highest BCUT2D eigenvalue weighted by molar-refractivity contribution is 9.10. The van der Waals surface area contributed by atoms with Crippen LogP contribution >= 0.6 is 15.9 Å². The summed E-state index contributed by atoms with van der Waals surface area (Å²) in [5.41, 5.74) is 0.744. The van der Waals surface area contributed by atoms with Crippen LogP contribution in [0.15, 0.2) is 47.3 Å². The van der Waals surface area contributed by atoms with Crippen molar-refractivity contribution < 1.29 is 9.13 Å². The molecule has 0 bridgehead atoms. The molecule has 0 fully saturated rings. The van der Waals surface area contributed by atoms with Crippen molar-refractivity contribution in [3.8, 4) is 11.6 Å². The second kappa shape index (κ2) is 4.38. The van der Waals surface area contributed by atoms with Gasteiger partial charge in [0.2, 0.25) is 5.88 Å². The lowest BCUT2D eigenvalue weighted by atomic mass is 10.3. The van der Waals surface area contributed by atoms with Crippen molar-refractivity contribution in [2.24, 2.45) is 0 Å². The number of aromatic nitrogens is 3. The zero-order valence-electron chi connectivity index (χ0n) is 9.05. The molecule has 3 rings (SSSR count). The van der Waals surface area contributed by atoms with Crippen molar-refractivity contribution in [1.29, 1.82) is 0 Å². The SMILES string of the molecule is Fc1ccc(Oc2nccn3nccc23)c(Br)c1. The molecule has 1 aromatic carbocycles. The summed E-state index contributed by atoms with van der Waals surface area (Å²) in [5, 5.41) is 4.08. The molecule has 2 aromatic heterocycles. The number of rotatable bonds is 2. The Balaban J connectivity index is 2.03. The van der Waals surface area contributed by atoms with Gasteiger partial charge in [-0.25, -0.2) is 13.9 Å². The van der Waals surface area contributed by atoms with Gasteiger partial charge in [0.1, 0.15) is 17.1 Å². The van der Waals surface area contributed by atoms with Crippen molar-refractivity contribution in [3.05, 3.63) is 53.1 Å². The number of halogens is 2. The van der Waals surface area contributed by atoms with Crippen LogP contribution in [-0.4, -0.2) is 14.6 Å². The maximum Gasteiger partial charge on any atom is 0.245 e. The van der Waals surface area contributed by atoms with E-state index in [-0.39, 0.29) is 5.82 Å². The Kier molecular flexibility index (Phi) is 2.71.